The van der Waals surface area contributed by atoms with Gasteiger partial charge in [-0.2, -0.15) is 0 Å². The molecule has 0 amide bonds. The number of imidazole rings is 1. The lowest BCUT2D eigenvalue weighted by molar-refractivity contribution is 0.414. The Bertz CT molecular complexity index is 1040. The predicted octanol–water partition coefficient (Wildman–Crippen LogP) is 3.49. The lowest BCUT2D eigenvalue weighted by atomic mass is 10.2. The third-order valence-electron chi connectivity index (χ3n) is 3.96. The Morgan fingerprint density at radius 2 is 1.89 bits per heavy atom. The van der Waals surface area contributed by atoms with E-state index in [1.54, 1.807) is 24.9 Å². The second-order valence-corrected chi connectivity index (χ2v) is 7.06. The van der Waals surface area contributed by atoms with Gasteiger partial charge in [-0.1, -0.05) is 48.2 Å². The Morgan fingerprint density at radius 1 is 1.19 bits per heavy atom. The molecule has 2 aromatic carbocycles. The quantitative estimate of drug-likeness (QED) is 0.647. The van der Waals surface area contributed by atoms with Crippen molar-refractivity contribution in [1.29, 1.82) is 0 Å². The van der Waals surface area contributed by atoms with Crippen LogP contribution in [0.4, 0.5) is 0 Å². The third-order valence-corrected chi connectivity index (χ3v) is 5.22. The summed E-state index contributed by atoms with van der Waals surface area (Å²) in [5.74, 6) is 1.57. The number of aromatic nitrogens is 2. The highest BCUT2D eigenvalue weighted by Gasteiger charge is 2.11. The third kappa shape index (κ3) is 4.38. The molecule has 0 radical (unpaired) electrons. The Balaban J connectivity index is 2.05. The lowest BCUT2D eigenvalue weighted by Crippen LogP contribution is -2.30. The van der Waals surface area contributed by atoms with Gasteiger partial charge < -0.3 is 10.5 Å². The molecule has 0 atom stereocenters. The molecule has 1 heterocycles. The topological polar surface area (TPSA) is 53.1 Å². The number of nitrogens with two attached hydrogens (primary N) is 1. The van der Waals surface area contributed by atoms with Crippen LogP contribution in [0.15, 0.2) is 66.3 Å². The Labute approximate surface area is 167 Å². The molecule has 0 fully saturated rings. The zero-order valence-electron chi connectivity index (χ0n) is 14.9. The minimum Gasteiger partial charge on any atom is -0.497 e. The molecule has 0 saturated carbocycles. The number of halogens is 1. The number of rotatable bonds is 6. The number of benzene rings is 2. The summed E-state index contributed by atoms with van der Waals surface area (Å²) in [7, 11) is 1.65. The molecule has 0 aliphatic carbocycles. The van der Waals surface area contributed by atoms with E-state index in [9.17, 15) is 0 Å². The molecule has 2 N–H and O–H groups in total. The summed E-state index contributed by atoms with van der Waals surface area (Å²) in [6, 6.07) is 15.7. The number of ether oxygens (including phenoxy) is 1. The highest BCUT2D eigenvalue weighted by atomic mass is 35.5. The van der Waals surface area contributed by atoms with E-state index in [0.29, 0.717) is 5.35 Å². The zero-order valence-corrected chi connectivity index (χ0v) is 16.5. The fraction of sp³-hybridized carbons (Fsp3) is 0.0952. The molecular formula is C21H20ClN3OS. The average molecular weight is 398 g/mol. The molecule has 0 bridgehead atoms. The van der Waals surface area contributed by atoms with Gasteiger partial charge in [0.15, 0.2) is 5.16 Å². The summed E-state index contributed by atoms with van der Waals surface area (Å²) in [4.78, 5) is 4.71. The van der Waals surface area contributed by atoms with Gasteiger partial charge in [-0.25, -0.2) is 4.98 Å². The van der Waals surface area contributed by atoms with Crippen LogP contribution in [0.5, 0.6) is 5.75 Å². The molecule has 0 unspecified atom stereocenters. The van der Waals surface area contributed by atoms with Gasteiger partial charge in [0.25, 0.3) is 0 Å². The standard InChI is InChI=1S/C21H20ClN3OS/c1-3-4-20-19(13-23)24-21(27-14-15-5-7-16(22)8-6-15)25(20)17-9-11-18(26-2)12-10-17/h3-13H,1,14,23H2,2H3/b19-13+,20-4+. The largest absolute Gasteiger partial charge is 0.497 e. The van der Waals surface area contributed by atoms with Crippen LogP contribution >= 0.6 is 23.4 Å². The number of hydrogen-bond acceptors (Lipinski definition) is 4. The van der Waals surface area contributed by atoms with Crippen LogP contribution in [0.2, 0.25) is 5.02 Å². The fourth-order valence-corrected chi connectivity index (χ4v) is 3.74. The van der Waals surface area contributed by atoms with Gasteiger partial charge in [0, 0.05) is 22.7 Å². The summed E-state index contributed by atoms with van der Waals surface area (Å²) in [5.41, 5.74) is 7.95. The molecule has 4 nitrogen and oxygen atoms in total. The van der Waals surface area contributed by atoms with E-state index in [1.807, 2.05) is 54.6 Å². The van der Waals surface area contributed by atoms with Gasteiger partial charge in [-0.05, 0) is 48.0 Å². The fourth-order valence-electron chi connectivity index (χ4n) is 2.63. The Hall–Kier alpha value is -2.63. The van der Waals surface area contributed by atoms with Gasteiger partial charge in [0.2, 0.25) is 0 Å². The molecule has 138 valence electrons. The molecule has 0 aliphatic heterocycles. The lowest BCUT2D eigenvalue weighted by Gasteiger charge is -2.09. The summed E-state index contributed by atoms with van der Waals surface area (Å²) in [6.45, 7) is 3.81. The van der Waals surface area contributed by atoms with Crippen molar-refractivity contribution in [3.05, 3.63) is 82.5 Å². The first kappa shape index (κ1) is 19.1. The summed E-state index contributed by atoms with van der Waals surface area (Å²) in [6.07, 6.45) is 5.15. The number of thioether (sulfide) groups is 1. The van der Waals surface area contributed by atoms with Crippen LogP contribution in [0.1, 0.15) is 5.56 Å². The summed E-state index contributed by atoms with van der Waals surface area (Å²) in [5, 5.41) is 3.17. The molecular weight excluding hydrogens is 378 g/mol. The van der Waals surface area contributed by atoms with Crippen molar-refractivity contribution < 1.29 is 4.74 Å². The molecule has 3 rings (SSSR count). The van der Waals surface area contributed by atoms with Gasteiger partial charge in [0.05, 0.1) is 12.5 Å². The van der Waals surface area contributed by atoms with Crippen LogP contribution < -0.4 is 21.2 Å². The molecule has 3 aromatic rings. The van der Waals surface area contributed by atoms with Gasteiger partial charge in [-0.3, -0.25) is 4.57 Å². The van der Waals surface area contributed by atoms with E-state index in [4.69, 9.17) is 27.1 Å². The van der Waals surface area contributed by atoms with E-state index in [2.05, 4.69) is 11.1 Å². The highest BCUT2D eigenvalue weighted by Crippen LogP contribution is 2.23. The molecule has 0 spiro atoms. The van der Waals surface area contributed by atoms with E-state index < -0.39 is 0 Å². The normalized spacial score (nSPS) is 12.4. The van der Waals surface area contributed by atoms with Crippen LogP contribution in [0, 0.1) is 0 Å². The monoisotopic (exact) mass is 397 g/mol. The first-order valence-corrected chi connectivity index (χ1v) is 9.67. The smallest absolute Gasteiger partial charge is 0.174 e. The van der Waals surface area contributed by atoms with Crippen LogP contribution in [0.25, 0.3) is 18.0 Å². The maximum Gasteiger partial charge on any atom is 0.174 e. The van der Waals surface area contributed by atoms with Crippen molar-refractivity contribution in [3.8, 4) is 11.4 Å². The Kier molecular flexibility index (Phi) is 6.27. The van der Waals surface area contributed by atoms with E-state index in [1.165, 1.54) is 11.8 Å². The van der Waals surface area contributed by atoms with E-state index in [0.717, 1.165) is 32.7 Å². The minimum atomic E-state index is 0.712. The Morgan fingerprint density at radius 3 is 2.48 bits per heavy atom. The van der Waals surface area contributed by atoms with Crippen LogP contribution in [-0.4, -0.2) is 16.7 Å². The van der Waals surface area contributed by atoms with Crippen molar-refractivity contribution in [2.24, 2.45) is 5.73 Å². The second kappa shape index (κ2) is 8.84. The van der Waals surface area contributed by atoms with Gasteiger partial charge in [-0.15, -0.1) is 0 Å². The maximum absolute atomic E-state index is 5.97. The van der Waals surface area contributed by atoms with Crippen molar-refractivity contribution in [2.45, 2.75) is 10.9 Å². The molecule has 0 aliphatic rings. The molecule has 6 heteroatoms. The first-order chi connectivity index (χ1) is 13.2. The molecule has 0 saturated heterocycles. The van der Waals surface area contributed by atoms with Crippen molar-refractivity contribution in [1.82, 2.24) is 9.55 Å². The summed E-state index contributed by atoms with van der Waals surface area (Å²) >= 11 is 7.61. The number of allylic oxidation sites excluding steroid dienone is 1. The number of methoxy groups -OCH3 is 1. The molecule has 27 heavy (non-hydrogen) atoms. The highest BCUT2D eigenvalue weighted by molar-refractivity contribution is 7.98. The predicted molar refractivity (Wildman–Crippen MR) is 114 cm³/mol. The van der Waals surface area contributed by atoms with Crippen LogP contribution in [-0.2, 0) is 5.75 Å². The minimum absolute atomic E-state index is 0.712. The maximum atomic E-state index is 5.97. The van der Waals surface area contributed by atoms with E-state index >= 15 is 0 Å². The van der Waals surface area contributed by atoms with Crippen molar-refractivity contribution in [2.75, 3.05) is 7.11 Å². The number of hydrogen-bond donors (Lipinski definition) is 1. The van der Waals surface area contributed by atoms with Crippen molar-refractivity contribution >= 4 is 35.6 Å². The van der Waals surface area contributed by atoms with E-state index in [-0.39, 0.29) is 0 Å². The van der Waals surface area contributed by atoms with Gasteiger partial charge >= 0.3 is 0 Å². The average Bonchev–Trinajstić information content (AvgIpc) is 3.05. The second-order valence-electron chi connectivity index (χ2n) is 5.68. The van der Waals surface area contributed by atoms with Crippen molar-refractivity contribution in [3.63, 3.8) is 0 Å². The first-order valence-electron chi connectivity index (χ1n) is 8.31. The van der Waals surface area contributed by atoms with Crippen LogP contribution in [0.3, 0.4) is 0 Å². The number of nitrogens with zero attached hydrogens (tertiary/aromatic N) is 2. The SMILES string of the molecule is C=C/C=c1\c(=C/N)nc(SCc2ccc(Cl)cc2)n1-c1ccc(OC)cc1. The molecule has 1 aromatic heterocycles. The van der Waals surface area contributed by atoms with Gasteiger partial charge in [0.1, 0.15) is 11.1 Å². The summed E-state index contributed by atoms with van der Waals surface area (Å²) < 4.78 is 7.33. The zero-order chi connectivity index (χ0) is 19.2.